The summed E-state index contributed by atoms with van der Waals surface area (Å²) < 4.78 is 40.3. The van der Waals surface area contributed by atoms with Gasteiger partial charge in [0, 0.05) is 7.11 Å². The maximum Gasteiger partial charge on any atom is 0.472 e. The molecule has 3 N–H and O–H groups in total. The van der Waals surface area contributed by atoms with Crippen LogP contribution in [0.2, 0.25) is 0 Å². The summed E-state index contributed by atoms with van der Waals surface area (Å²) in [7, 11) is -2.61. The summed E-state index contributed by atoms with van der Waals surface area (Å²) in [6.07, 6.45) is 0.0386. The number of fused-ring (bicyclic) bond motifs is 2. The van der Waals surface area contributed by atoms with Crippen molar-refractivity contribution in [2.75, 3.05) is 32.7 Å². The van der Waals surface area contributed by atoms with Crippen molar-refractivity contribution in [2.45, 2.75) is 24.5 Å². The molecule has 4 heterocycles. The Bertz CT molecular complexity index is 847. The van der Waals surface area contributed by atoms with Crippen molar-refractivity contribution in [3.63, 3.8) is 0 Å². The molecule has 0 spiro atoms. The highest BCUT2D eigenvalue weighted by atomic mass is 31.2. The molecular formula is C13H18N5O7P. The topological polar surface area (TPSA) is 153 Å². The largest absolute Gasteiger partial charge is 0.472 e. The third-order valence-corrected chi connectivity index (χ3v) is 5.19. The number of anilines is 1. The maximum atomic E-state index is 11.8. The van der Waals surface area contributed by atoms with Gasteiger partial charge in [-0.1, -0.05) is 0 Å². The first-order chi connectivity index (χ1) is 12.5. The first kappa shape index (κ1) is 17.7. The van der Waals surface area contributed by atoms with E-state index in [0.29, 0.717) is 17.8 Å². The van der Waals surface area contributed by atoms with Gasteiger partial charge in [0.05, 0.1) is 26.1 Å². The van der Waals surface area contributed by atoms with Crippen molar-refractivity contribution in [1.82, 2.24) is 19.5 Å². The van der Waals surface area contributed by atoms with Crippen LogP contribution in [0.15, 0.2) is 12.7 Å². The number of ether oxygens (including phenoxy) is 3. The standard InChI is InChI=1S/C13H18N5O7P/c1-21-2-3-22-10-9-7(4-23-26(19,20)25-9)24-13(10)18-6-17-8-11(14)15-5-16-12(8)18/h5-7,9-10,13H,2-4H2,1H3,(H,19,20)(H2,14,15,16)/t7-,9-,10-,13-/m1/s1. The van der Waals surface area contributed by atoms with Crippen molar-refractivity contribution < 1.29 is 32.7 Å². The predicted octanol–water partition coefficient (Wildman–Crippen LogP) is -0.147. The van der Waals surface area contributed by atoms with E-state index in [1.54, 1.807) is 11.7 Å². The Balaban J connectivity index is 1.68. The molecule has 2 fully saturated rings. The molecule has 1 unspecified atom stereocenters. The fourth-order valence-electron chi connectivity index (χ4n) is 3.05. The van der Waals surface area contributed by atoms with Gasteiger partial charge in [-0.15, -0.1) is 0 Å². The number of hydrogen-bond donors (Lipinski definition) is 2. The van der Waals surface area contributed by atoms with Crippen molar-refractivity contribution >= 4 is 24.8 Å². The van der Waals surface area contributed by atoms with Crippen LogP contribution in [0.25, 0.3) is 11.2 Å². The molecule has 0 aromatic carbocycles. The van der Waals surface area contributed by atoms with Gasteiger partial charge in [0.2, 0.25) is 0 Å². The van der Waals surface area contributed by atoms with E-state index in [-0.39, 0.29) is 19.0 Å². The van der Waals surface area contributed by atoms with Crippen LogP contribution in [0.1, 0.15) is 6.23 Å². The van der Waals surface area contributed by atoms with Gasteiger partial charge in [-0.25, -0.2) is 19.5 Å². The maximum absolute atomic E-state index is 11.8. The molecule has 2 saturated heterocycles. The molecule has 4 rings (SSSR count). The number of phosphoric acid groups is 1. The predicted molar refractivity (Wildman–Crippen MR) is 85.9 cm³/mol. The van der Waals surface area contributed by atoms with Gasteiger partial charge >= 0.3 is 7.82 Å². The number of aromatic nitrogens is 4. The van der Waals surface area contributed by atoms with Gasteiger partial charge < -0.3 is 24.8 Å². The molecule has 2 aromatic heterocycles. The third-order valence-electron chi connectivity index (χ3n) is 4.20. The summed E-state index contributed by atoms with van der Waals surface area (Å²) in [5.41, 5.74) is 6.70. The average molecular weight is 387 g/mol. The zero-order valence-electron chi connectivity index (χ0n) is 13.8. The molecule has 12 nitrogen and oxygen atoms in total. The SMILES string of the molecule is COCCO[C@@H]1[C@@H]2OP(=O)(O)OC[C@H]2O[C@H]1n1cnc2c(N)ncnc21. The minimum Gasteiger partial charge on any atom is -0.382 e. The average Bonchev–Trinajstić information content (AvgIpc) is 3.17. The van der Waals surface area contributed by atoms with E-state index in [2.05, 4.69) is 15.0 Å². The Morgan fingerprint density at radius 1 is 1.42 bits per heavy atom. The van der Waals surface area contributed by atoms with E-state index < -0.39 is 32.4 Å². The molecule has 5 atom stereocenters. The fourth-order valence-corrected chi connectivity index (χ4v) is 4.01. The highest BCUT2D eigenvalue weighted by Crippen LogP contribution is 2.53. The van der Waals surface area contributed by atoms with Crippen molar-refractivity contribution in [2.24, 2.45) is 0 Å². The lowest BCUT2D eigenvalue weighted by Crippen LogP contribution is -2.41. The second-order valence-corrected chi connectivity index (χ2v) is 7.22. The molecule has 13 heteroatoms. The normalized spacial score (nSPS) is 34.2. The van der Waals surface area contributed by atoms with Crippen LogP contribution < -0.4 is 5.73 Å². The van der Waals surface area contributed by atoms with Crippen LogP contribution in [0.4, 0.5) is 5.82 Å². The summed E-state index contributed by atoms with van der Waals surface area (Å²) in [6, 6.07) is 0. The number of hydrogen-bond acceptors (Lipinski definition) is 10. The minimum atomic E-state index is -4.15. The minimum absolute atomic E-state index is 0.0944. The Morgan fingerprint density at radius 2 is 2.27 bits per heavy atom. The zero-order valence-corrected chi connectivity index (χ0v) is 14.7. The van der Waals surface area contributed by atoms with E-state index >= 15 is 0 Å². The molecule has 0 radical (unpaired) electrons. The Labute approximate surface area is 147 Å². The van der Waals surface area contributed by atoms with Crippen LogP contribution in [0, 0.1) is 0 Å². The molecule has 0 saturated carbocycles. The first-order valence-electron chi connectivity index (χ1n) is 7.85. The summed E-state index contributed by atoms with van der Waals surface area (Å²) in [4.78, 5) is 22.0. The van der Waals surface area contributed by atoms with Gasteiger partial charge in [0.25, 0.3) is 0 Å². The molecule has 142 valence electrons. The van der Waals surface area contributed by atoms with Gasteiger partial charge in [-0.05, 0) is 0 Å². The van der Waals surface area contributed by atoms with Gasteiger partial charge in [0.1, 0.15) is 30.2 Å². The van der Waals surface area contributed by atoms with Gasteiger partial charge in [-0.3, -0.25) is 13.6 Å². The smallest absolute Gasteiger partial charge is 0.382 e. The number of nitrogen functional groups attached to an aromatic ring is 1. The summed E-state index contributed by atoms with van der Waals surface area (Å²) in [5.74, 6) is 0.237. The van der Waals surface area contributed by atoms with Gasteiger partial charge in [0.15, 0.2) is 17.7 Å². The number of nitrogens with zero attached hydrogens (tertiary/aromatic N) is 4. The third kappa shape index (κ3) is 3.09. The Kier molecular flexibility index (Phi) is 4.65. The monoisotopic (exact) mass is 387 g/mol. The molecule has 0 aliphatic carbocycles. The molecule has 0 bridgehead atoms. The second kappa shape index (κ2) is 6.82. The summed E-state index contributed by atoms with van der Waals surface area (Å²) in [6.45, 7) is 0.491. The van der Waals surface area contributed by atoms with E-state index in [4.69, 9.17) is 29.0 Å². The highest BCUT2D eigenvalue weighted by molar-refractivity contribution is 7.47. The van der Waals surface area contributed by atoms with Crippen LogP contribution in [0.5, 0.6) is 0 Å². The Morgan fingerprint density at radius 3 is 3.08 bits per heavy atom. The molecular weight excluding hydrogens is 369 g/mol. The quantitative estimate of drug-likeness (QED) is 0.520. The van der Waals surface area contributed by atoms with E-state index in [1.807, 2.05) is 0 Å². The number of rotatable bonds is 5. The summed E-state index contributed by atoms with van der Waals surface area (Å²) >= 11 is 0. The van der Waals surface area contributed by atoms with Crippen LogP contribution in [-0.4, -0.2) is 69.7 Å². The van der Waals surface area contributed by atoms with Crippen molar-refractivity contribution in [3.05, 3.63) is 12.7 Å². The van der Waals surface area contributed by atoms with Crippen molar-refractivity contribution in [1.29, 1.82) is 0 Å². The second-order valence-electron chi connectivity index (χ2n) is 5.81. The lowest BCUT2D eigenvalue weighted by atomic mass is 10.1. The number of imidazole rings is 1. The van der Waals surface area contributed by atoms with Crippen LogP contribution in [-0.2, 0) is 27.8 Å². The number of phosphoric ester groups is 1. The highest BCUT2D eigenvalue weighted by Gasteiger charge is 2.54. The Hall–Kier alpha value is -1.66. The number of nitrogens with two attached hydrogens (primary N) is 1. The van der Waals surface area contributed by atoms with Gasteiger partial charge in [-0.2, -0.15) is 0 Å². The van der Waals surface area contributed by atoms with Crippen LogP contribution in [0.3, 0.4) is 0 Å². The molecule has 2 aromatic rings. The van der Waals surface area contributed by atoms with Crippen LogP contribution >= 0.6 is 7.82 Å². The molecule has 2 aliphatic heterocycles. The fraction of sp³-hybridized carbons (Fsp3) is 0.615. The lowest BCUT2D eigenvalue weighted by molar-refractivity contribution is -0.0737. The number of methoxy groups -OCH3 is 1. The molecule has 0 amide bonds. The van der Waals surface area contributed by atoms with E-state index in [9.17, 15) is 9.46 Å². The van der Waals surface area contributed by atoms with Crippen molar-refractivity contribution in [3.8, 4) is 0 Å². The lowest BCUT2D eigenvalue weighted by Gasteiger charge is -2.29. The summed E-state index contributed by atoms with van der Waals surface area (Å²) in [5, 5.41) is 0. The van der Waals surface area contributed by atoms with E-state index in [0.717, 1.165) is 0 Å². The zero-order chi connectivity index (χ0) is 18.3. The first-order valence-corrected chi connectivity index (χ1v) is 9.34. The molecule has 2 aliphatic rings. The molecule has 26 heavy (non-hydrogen) atoms. The van der Waals surface area contributed by atoms with E-state index in [1.165, 1.54) is 12.7 Å².